The normalized spacial score (nSPS) is 24.0. The van der Waals surface area contributed by atoms with Gasteiger partial charge in [0.05, 0.1) is 13.2 Å². The smallest absolute Gasteiger partial charge is 0.249 e. The van der Waals surface area contributed by atoms with E-state index in [1.54, 1.807) is 12.0 Å². The summed E-state index contributed by atoms with van der Waals surface area (Å²) in [6, 6.07) is 0. The predicted molar refractivity (Wildman–Crippen MR) is 77.8 cm³/mol. The van der Waals surface area contributed by atoms with E-state index in [1.165, 1.54) is 0 Å². The summed E-state index contributed by atoms with van der Waals surface area (Å²) in [4.78, 5) is 27.7. The molecule has 2 heterocycles. The van der Waals surface area contributed by atoms with Crippen molar-refractivity contribution in [1.29, 1.82) is 0 Å². The molecule has 0 saturated carbocycles. The fourth-order valence-corrected chi connectivity index (χ4v) is 2.96. The van der Waals surface area contributed by atoms with Gasteiger partial charge in [-0.2, -0.15) is 0 Å². The number of methoxy groups -OCH3 is 1. The van der Waals surface area contributed by atoms with Gasteiger partial charge in [0.15, 0.2) is 0 Å². The van der Waals surface area contributed by atoms with Crippen molar-refractivity contribution in [2.45, 2.75) is 25.7 Å². The lowest BCUT2D eigenvalue weighted by atomic mass is 10.00. The molecule has 0 radical (unpaired) electrons. The van der Waals surface area contributed by atoms with Crippen LogP contribution in [0.3, 0.4) is 0 Å². The number of amides is 2. The van der Waals surface area contributed by atoms with Crippen molar-refractivity contribution in [2.75, 3.05) is 53.1 Å². The molecule has 2 aliphatic heterocycles. The van der Waals surface area contributed by atoms with E-state index in [0.29, 0.717) is 19.1 Å². The predicted octanol–water partition coefficient (Wildman–Crippen LogP) is 0.510. The highest BCUT2D eigenvalue weighted by Crippen LogP contribution is 2.19. The van der Waals surface area contributed by atoms with Crippen LogP contribution in [0.4, 0.5) is 0 Å². The zero-order chi connectivity index (χ0) is 15.1. The number of carbonyl (C=O) groups excluding carboxylic acids is 2. The quantitative estimate of drug-likeness (QED) is 0.742. The third kappa shape index (κ3) is 4.97. The summed E-state index contributed by atoms with van der Waals surface area (Å²) in [5.74, 6) is 0.492. The number of carbonyl (C=O) groups is 2. The highest BCUT2D eigenvalue weighted by molar-refractivity contribution is 5.85. The van der Waals surface area contributed by atoms with Gasteiger partial charge in [-0.3, -0.25) is 9.59 Å². The minimum atomic E-state index is -0.0830. The Balaban J connectivity index is 1.85. The molecule has 0 aliphatic carbocycles. The van der Waals surface area contributed by atoms with E-state index in [9.17, 15) is 9.59 Å². The maximum atomic E-state index is 12.4. The Morgan fingerprint density at radius 2 is 2.24 bits per heavy atom. The zero-order valence-electron chi connectivity index (χ0n) is 12.9. The van der Waals surface area contributed by atoms with E-state index in [1.807, 2.05) is 4.90 Å². The Morgan fingerprint density at radius 3 is 3.00 bits per heavy atom. The van der Waals surface area contributed by atoms with Gasteiger partial charge in [0, 0.05) is 33.4 Å². The summed E-state index contributed by atoms with van der Waals surface area (Å²) < 4.78 is 10.2. The minimum Gasteiger partial charge on any atom is -0.385 e. The molecule has 1 unspecified atom stereocenters. The van der Waals surface area contributed by atoms with Crippen LogP contribution in [-0.2, 0) is 19.1 Å². The number of rotatable bonds is 5. The van der Waals surface area contributed by atoms with Crippen molar-refractivity contribution in [3.8, 4) is 0 Å². The third-order valence-corrected chi connectivity index (χ3v) is 4.26. The van der Waals surface area contributed by atoms with Crippen LogP contribution in [0.25, 0.3) is 0 Å². The van der Waals surface area contributed by atoms with Crippen LogP contribution in [-0.4, -0.2) is 74.7 Å². The number of nitrogens with zero attached hydrogens (tertiary/aromatic N) is 2. The summed E-state index contributed by atoms with van der Waals surface area (Å²) in [6.45, 7) is 3.68. The molecule has 0 aromatic rings. The van der Waals surface area contributed by atoms with Crippen molar-refractivity contribution < 1.29 is 19.1 Å². The molecular weight excluding hydrogens is 272 g/mol. The first-order valence-electron chi connectivity index (χ1n) is 7.83. The molecule has 2 aliphatic rings. The average Bonchev–Trinajstić information content (AvgIpc) is 2.73. The molecule has 0 aromatic heterocycles. The lowest BCUT2D eigenvalue weighted by molar-refractivity contribution is -0.148. The Morgan fingerprint density at radius 1 is 1.38 bits per heavy atom. The standard InChI is InChI=1S/C15H26N2O4/c1-20-8-5-13-4-2-3-6-16(10-13)14(18)11-17-7-9-21-12-15(17)19/h13H,2-12H2,1H3. The molecule has 2 fully saturated rings. The van der Waals surface area contributed by atoms with Crippen molar-refractivity contribution in [3.63, 3.8) is 0 Å². The maximum Gasteiger partial charge on any atom is 0.249 e. The first-order chi connectivity index (χ1) is 10.2. The van der Waals surface area contributed by atoms with Gasteiger partial charge in [0.2, 0.25) is 11.8 Å². The molecule has 2 saturated heterocycles. The van der Waals surface area contributed by atoms with E-state index in [2.05, 4.69) is 0 Å². The summed E-state index contributed by atoms with van der Waals surface area (Å²) in [6.07, 6.45) is 4.36. The van der Waals surface area contributed by atoms with Gasteiger partial charge in [-0.25, -0.2) is 0 Å². The van der Waals surface area contributed by atoms with E-state index in [4.69, 9.17) is 9.47 Å². The van der Waals surface area contributed by atoms with Crippen molar-refractivity contribution in [2.24, 2.45) is 5.92 Å². The summed E-state index contributed by atoms with van der Waals surface area (Å²) >= 11 is 0. The van der Waals surface area contributed by atoms with Gasteiger partial charge in [0.25, 0.3) is 0 Å². The Bertz CT molecular complexity index is 362. The van der Waals surface area contributed by atoms with Crippen molar-refractivity contribution in [1.82, 2.24) is 9.80 Å². The third-order valence-electron chi connectivity index (χ3n) is 4.26. The first kappa shape index (κ1) is 16.2. The Kier molecular flexibility index (Phi) is 6.45. The minimum absolute atomic E-state index is 0.0644. The van der Waals surface area contributed by atoms with Crippen LogP contribution in [0.15, 0.2) is 0 Å². The van der Waals surface area contributed by atoms with E-state index in [0.717, 1.165) is 45.4 Å². The first-order valence-corrected chi connectivity index (χ1v) is 7.83. The van der Waals surface area contributed by atoms with Gasteiger partial charge in [-0.1, -0.05) is 6.42 Å². The molecule has 6 heteroatoms. The molecule has 0 N–H and O–H groups in total. The summed E-state index contributed by atoms with van der Waals surface area (Å²) in [5, 5.41) is 0. The fourth-order valence-electron chi connectivity index (χ4n) is 2.96. The Labute approximate surface area is 126 Å². The second-order valence-corrected chi connectivity index (χ2v) is 5.85. The van der Waals surface area contributed by atoms with E-state index >= 15 is 0 Å². The van der Waals surface area contributed by atoms with Gasteiger partial charge in [-0.05, 0) is 25.2 Å². The van der Waals surface area contributed by atoms with Gasteiger partial charge < -0.3 is 19.3 Å². The molecule has 2 rings (SSSR count). The van der Waals surface area contributed by atoms with Crippen LogP contribution in [0, 0.1) is 5.92 Å². The molecule has 0 spiro atoms. The molecule has 120 valence electrons. The average molecular weight is 298 g/mol. The largest absolute Gasteiger partial charge is 0.385 e. The molecule has 21 heavy (non-hydrogen) atoms. The SMILES string of the molecule is COCCC1CCCCN(C(=O)CN2CCOCC2=O)C1. The highest BCUT2D eigenvalue weighted by Gasteiger charge is 2.26. The number of morpholine rings is 1. The maximum absolute atomic E-state index is 12.4. The molecule has 1 atom stereocenters. The highest BCUT2D eigenvalue weighted by atomic mass is 16.5. The molecule has 0 aromatic carbocycles. The second kappa shape index (κ2) is 8.34. The Hall–Kier alpha value is -1.14. The van der Waals surface area contributed by atoms with Crippen LogP contribution in [0.1, 0.15) is 25.7 Å². The lowest BCUT2D eigenvalue weighted by Crippen LogP contribution is -2.48. The van der Waals surface area contributed by atoms with Gasteiger partial charge in [0.1, 0.15) is 6.61 Å². The molecular formula is C15H26N2O4. The van der Waals surface area contributed by atoms with Crippen LogP contribution < -0.4 is 0 Å². The molecule has 6 nitrogen and oxygen atoms in total. The number of likely N-dealkylation sites (tertiary alicyclic amines) is 1. The van der Waals surface area contributed by atoms with Crippen LogP contribution in [0.5, 0.6) is 0 Å². The van der Waals surface area contributed by atoms with E-state index in [-0.39, 0.29) is 25.0 Å². The molecule has 2 amide bonds. The zero-order valence-corrected chi connectivity index (χ0v) is 12.9. The molecule has 0 bridgehead atoms. The lowest BCUT2D eigenvalue weighted by Gasteiger charge is -2.30. The number of ether oxygens (including phenoxy) is 2. The number of hydrogen-bond acceptors (Lipinski definition) is 4. The van der Waals surface area contributed by atoms with Crippen molar-refractivity contribution in [3.05, 3.63) is 0 Å². The van der Waals surface area contributed by atoms with Crippen LogP contribution in [0.2, 0.25) is 0 Å². The van der Waals surface area contributed by atoms with Crippen LogP contribution >= 0.6 is 0 Å². The van der Waals surface area contributed by atoms with E-state index < -0.39 is 0 Å². The topological polar surface area (TPSA) is 59.1 Å². The number of hydrogen-bond donors (Lipinski definition) is 0. The second-order valence-electron chi connectivity index (χ2n) is 5.85. The van der Waals surface area contributed by atoms with Crippen molar-refractivity contribution >= 4 is 11.8 Å². The fraction of sp³-hybridized carbons (Fsp3) is 0.867. The summed E-state index contributed by atoms with van der Waals surface area (Å²) in [5.41, 5.74) is 0. The van der Waals surface area contributed by atoms with Gasteiger partial charge in [-0.15, -0.1) is 0 Å². The monoisotopic (exact) mass is 298 g/mol. The van der Waals surface area contributed by atoms with Gasteiger partial charge >= 0.3 is 0 Å². The summed E-state index contributed by atoms with van der Waals surface area (Å²) in [7, 11) is 1.71.